The maximum atomic E-state index is 12.5. The van der Waals surface area contributed by atoms with Gasteiger partial charge in [-0.3, -0.25) is 4.79 Å². The Hall–Kier alpha value is -1.59. The number of carbonyl (C=O) groups is 1. The number of piperidine rings is 1. The number of hydrogen-bond acceptors (Lipinski definition) is 4. The summed E-state index contributed by atoms with van der Waals surface area (Å²) in [7, 11) is 0. The van der Waals surface area contributed by atoms with Crippen LogP contribution in [0.4, 0.5) is 5.69 Å². The molecule has 0 aliphatic carbocycles. The van der Waals surface area contributed by atoms with Gasteiger partial charge in [-0.15, -0.1) is 0 Å². The van der Waals surface area contributed by atoms with Crippen LogP contribution in [0, 0.1) is 6.92 Å². The predicted molar refractivity (Wildman–Crippen MR) is 77.6 cm³/mol. The van der Waals surface area contributed by atoms with Crippen LogP contribution in [0.3, 0.4) is 0 Å². The number of likely N-dealkylation sites (tertiary alicyclic amines) is 1. The first-order valence-electron chi connectivity index (χ1n) is 6.99. The normalized spacial score (nSPS) is 16.4. The van der Waals surface area contributed by atoms with Crippen LogP contribution in [-0.2, 0) is 4.74 Å². The molecule has 2 rings (SSSR count). The van der Waals surface area contributed by atoms with Crippen molar-refractivity contribution in [2.75, 3.05) is 32.0 Å². The summed E-state index contributed by atoms with van der Waals surface area (Å²) in [4.78, 5) is 14.3. The highest BCUT2D eigenvalue weighted by molar-refractivity contribution is 5.96. The molecule has 20 heavy (non-hydrogen) atoms. The van der Waals surface area contributed by atoms with E-state index in [4.69, 9.17) is 15.6 Å². The Kier molecular flexibility index (Phi) is 4.98. The highest BCUT2D eigenvalue weighted by Gasteiger charge is 2.24. The third kappa shape index (κ3) is 3.49. The van der Waals surface area contributed by atoms with Crippen molar-refractivity contribution in [2.24, 2.45) is 0 Å². The first-order chi connectivity index (χ1) is 9.61. The lowest BCUT2D eigenvalue weighted by atomic mass is 10.0. The van der Waals surface area contributed by atoms with Gasteiger partial charge < -0.3 is 20.5 Å². The Balaban J connectivity index is 1.94. The van der Waals surface area contributed by atoms with Gasteiger partial charge in [0.2, 0.25) is 0 Å². The zero-order valence-corrected chi connectivity index (χ0v) is 11.8. The molecule has 1 aliphatic rings. The van der Waals surface area contributed by atoms with Gasteiger partial charge in [0.25, 0.3) is 5.91 Å². The Morgan fingerprint density at radius 1 is 1.45 bits per heavy atom. The summed E-state index contributed by atoms with van der Waals surface area (Å²) in [5, 5.41) is 8.74. The van der Waals surface area contributed by atoms with Gasteiger partial charge in [0, 0.05) is 24.3 Å². The lowest BCUT2D eigenvalue weighted by molar-refractivity contribution is -0.00555. The van der Waals surface area contributed by atoms with Crippen LogP contribution in [0.5, 0.6) is 0 Å². The Bertz CT molecular complexity index is 468. The van der Waals surface area contributed by atoms with E-state index in [9.17, 15) is 4.79 Å². The molecule has 0 radical (unpaired) electrons. The van der Waals surface area contributed by atoms with Crippen molar-refractivity contribution in [3.05, 3.63) is 29.3 Å². The van der Waals surface area contributed by atoms with Crippen LogP contribution in [0.15, 0.2) is 18.2 Å². The van der Waals surface area contributed by atoms with E-state index in [0.29, 0.717) is 30.9 Å². The van der Waals surface area contributed by atoms with E-state index >= 15 is 0 Å². The van der Waals surface area contributed by atoms with Crippen molar-refractivity contribution in [3.63, 3.8) is 0 Å². The number of benzene rings is 1. The number of hydrogen-bond donors (Lipinski definition) is 2. The van der Waals surface area contributed by atoms with Gasteiger partial charge in [0.05, 0.1) is 19.3 Å². The van der Waals surface area contributed by atoms with E-state index < -0.39 is 0 Å². The summed E-state index contributed by atoms with van der Waals surface area (Å²) >= 11 is 0. The second kappa shape index (κ2) is 6.72. The average Bonchev–Trinajstić information content (AvgIpc) is 2.45. The Morgan fingerprint density at radius 2 is 2.15 bits per heavy atom. The largest absolute Gasteiger partial charge is 0.399 e. The minimum Gasteiger partial charge on any atom is -0.399 e. The fourth-order valence-corrected chi connectivity index (χ4v) is 2.54. The van der Waals surface area contributed by atoms with E-state index in [0.717, 1.165) is 18.4 Å². The molecule has 1 aliphatic heterocycles. The summed E-state index contributed by atoms with van der Waals surface area (Å²) in [6, 6.07) is 5.38. The standard InChI is InChI=1S/C15H22N2O3/c1-11-10-12(16)2-3-14(11)15(19)17-6-4-13(5-7-17)20-9-8-18/h2-3,10,13,18H,4-9,16H2,1H3. The molecule has 0 aromatic heterocycles. The molecule has 0 spiro atoms. The molecule has 0 atom stereocenters. The molecule has 5 heteroatoms. The van der Waals surface area contributed by atoms with Gasteiger partial charge in [0.1, 0.15) is 0 Å². The van der Waals surface area contributed by atoms with Crippen molar-refractivity contribution in [1.82, 2.24) is 4.90 Å². The topological polar surface area (TPSA) is 75.8 Å². The number of aliphatic hydroxyl groups excluding tert-OH is 1. The number of aryl methyl sites for hydroxylation is 1. The zero-order valence-electron chi connectivity index (χ0n) is 11.8. The number of nitrogen functional groups attached to an aromatic ring is 1. The molecule has 1 amide bonds. The first-order valence-corrected chi connectivity index (χ1v) is 6.99. The van der Waals surface area contributed by atoms with E-state index in [1.54, 1.807) is 12.1 Å². The van der Waals surface area contributed by atoms with E-state index in [2.05, 4.69) is 0 Å². The molecule has 5 nitrogen and oxygen atoms in total. The Morgan fingerprint density at radius 3 is 2.75 bits per heavy atom. The second-order valence-electron chi connectivity index (χ2n) is 5.16. The van der Waals surface area contributed by atoms with Gasteiger partial charge >= 0.3 is 0 Å². The molecule has 3 N–H and O–H groups in total. The maximum absolute atomic E-state index is 12.5. The molecule has 0 bridgehead atoms. The number of anilines is 1. The summed E-state index contributed by atoms with van der Waals surface area (Å²) in [6.45, 7) is 3.71. The van der Waals surface area contributed by atoms with Gasteiger partial charge in [-0.2, -0.15) is 0 Å². The first kappa shape index (κ1) is 14.8. The number of ether oxygens (including phenoxy) is 1. The van der Waals surface area contributed by atoms with Gasteiger partial charge in [-0.25, -0.2) is 0 Å². The van der Waals surface area contributed by atoms with Crippen molar-refractivity contribution >= 4 is 11.6 Å². The van der Waals surface area contributed by atoms with Crippen LogP contribution in [0.1, 0.15) is 28.8 Å². The summed E-state index contributed by atoms with van der Waals surface area (Å²) in [5.41, 5.74) is 8.01. The molecule has 0 saturated carbocycles. The lowest BCUT2D eigenvalue weighted by Crippen LogP contribution is -2.41. The van der Waals surface area contributed by atoms with Crippen molar-refractivity contribution in [3.8, 4) is 0 Å². The average molecular weight is 278 g/mol. The van der Waals surface area contributed by atoms with Crippen molar-refractivity contribution < 1.29 is 14.6 Å². The summed E-state index contributed by atoms with van der Waals surface area (Å²) in [6.07, 6.45) is 1.79. The van der Waals surface area contributed by atoms with Gasteiger partial charge in [0.15, 0.2) is 0 Å². The number of nitrogens with two attached hydrogens (primary N) is 1. The quantitative estimate of drug-likeness (QED) is 0.811. The van der Waals surface area contributed by atoms with Gasteiger partial charge in [-0.05, 0) is 43.5 Å². The zero-order chi connectivity index (χ0) is 14.5. The minimum absolute atomic E-state index is 0.0454. The Labute approximate surface area is 119 Å². The smallest absolute Gasteiger partial charge is 0.254 e. The van der Waals surface area contributed by atoms with E-state index in [-0.39, 0.29) is 18.6 Å². The van der Waals surface area contributed by atoms with E-state index in [1.807, 2.05) is 17.9 Å². The highest BCUT2D eigenvalue weighted by Crippen LogP contribution is 2.19. The van der Waals surface area contributed by atoms with E-state index in [1.165, 1.54) is 0 Å². The summed E-state index contributed by atoms with van der Waals surface area (Å²) in [5.74, 6) is 0.0584. The fraction of sp³-hybridized carbons (Fsp3) is 0.533. The minimum atomic E-state index is 0.0454. The van der Waals surface area contributed by atoms with Crippen LogP contribution in [-0.4, -0.2) is 48.3 Å². The second-order valence-corrected chi connectivity index (χ2v) is 5.16. The molecular formula is C15H22N2O3. The number of aliphatic hydroxyl groups is 1. The van der Waals surface area contributed by atoms with Crippen molar-refractivity contribution in [1.29, 1.82) is 0 Å². The summed E-state index contributed by atoms with van der Waals surface area (Å²) < 4.78 is 5.50. The number of amides is 1. The molecule has 1 aromatic rings. The molecule has 0 unspecified atom stereocenters. The van der Waals surface area contributed by atoms with Crippen LogP contribution in [0.25, 0.3) is 0 Å². The molecule has 110 valence electrons. The third-order valence-electron chi connectivity index (χ3n) is 3.65. The maximum Gasteiger partial charge on any atom is 0.254 e. The van der Waals surface area contributed by atoms with Crippen molar-refractivity contribution in [2.45, 2.75) is 25.9 Å². The third-order valence-corrected chi connectivity index (χ3v) is 3.65. The number of rotatable bonds is 4. The molecule has 1 heterocycles. The number of carbonyl (C=O) groups excluding carboxylic acids is 1. The van der Waals surface area contributed by atoms with Crippen LogP contribution < -0.4 is 5.73 Å². The SMILES string of the molecule is Cc1cc(N)ccc1C(=O)N1CCC(OCCO)CC1. The van der Waals surface area contributed by atoms with Gasteiger partial charge in [-0.1, -0.05) is 0 Å². The number of nitrogens with zero attached hydrogens (tertiary/aromatic N) is 1. The molecule has 1 fully saturated rings. The van der Waals surface area contributed by atoms with Crippen LogP contribution in [0.2, 0.25) is 0 Å². The highest BCUT2D eigenvalue weighted by atomic mass is 16.5. The lowest BCUT2D eigenvalue weighted by Gasteiger charge is -2.32. The molecular weight excluding hydrogens is 256 g/mol. The molecule has 1 saturated heterocycles. The fourth-order valence-electron chi connectivity index (χ4n) is 2.54. The predicted octanol–water partition coefficient (Wildman–Crippen LogP) is 1.19. The molecule has 1 aromatic carbocycles. The monoisotopic (exact) mass is 278 g/mol. The van der Waals surface area contributed by atoms with Crippen LogP contribution >= 0.6 is 0 Å².